The molecule has 0 aromatic heterocycles. The summed E-state index contributed by atoms with van der Waals surface area (Å²) >= 11 is 5.22. The van der Waals surface area contributed by atoms with Crippen molar-refractivity contribution in [3.05, 3.63) is 34.4 Å². The second-order valence-electron chi connectivity index (χ2n) is 4.84. The fourth-order valence-electron chi connectivity index (χ4n) is 2.64. The van der Waals surface area contributed by atoms with E-state index in [1.807, 2.05) is 0 Å². The van der Waals surface area contributed by atoms with Crippen LogP contribution in [0.2, 0.25) is 0 Å². The zero-order chi connectivity index (χ0) is 14.5. The van der Waals surface area contributed by atoms with E-state index in [-0.39, 0.29) is 29.3 Å². The molecule has 1 aromatic rings. The molecule has 0 bridgehead atoms. The SMILES string of the molecule is O=[N+]([O-])c1ccc(N2C(=S)N[C@@H]3CS(=O)(=O)C[C@@H]32)cc1. The molecule has 2 aliphatic rings. The number of hydrogen-bond donors (Lipinski definition) is 1. The minimum Gasteiger partial charge on any atom is -0.356 e. The summed E-state index contributed by atoms with van der Waals surface area (Å²) in [5, 5.41) is 14.1. The number of fused-ring (bicyclic) bond motifs is 1. The third kappa shape index (κ3) is 2.12. The van der Waals surface area contributed by atoms with Crippen molar-refractivity contribution in [2.75, 3.05) is 16.4 Å². The van der Waals surface area contributed by atoms with Gasteiger partial charge in [0, 0.05) is 17.8 Å². The summed E-state index contributed by atoms with van der Waals surface area (Å²) in [6.45, 7) is 0. The summed E-state index contributed by atoms with van der Waals surface area (Å²) in [6.07, 6.45) is 0. The molecule has 2 fully saturated rings. The number of non-ortho nitro benzene ring substituents is 1. The Hall–Kier alpha value is -1.74. The molecule has 3 rings (SSSR count). The third-order valence-corrected chi connectivity index (χ3v) is 5.55. The monoisotopic (exact) mass is 313 g/mol. The van der Waals surface area contributed by atoms with Crippen LogP contribution in [0.4, 0.5) is 11.4 Å². The zero-order valence-corrected chi connectivity index (χ0v) is 11.9. The molecule has 2 atom stereocenters. The van der Waals surface area contributed by atoms with Crippen molar-refractivity contribution >= 4 is 38.5 Å². The summed E-state index contributed by atoms with van der Waals surface area (Å²) in [6, 6.07) is 5.49. The van der Waals surface area contributed by atoms with Gasteiger partial charge in [0.1, 0.15) is 0 Å². The Labute approximate surface area is 120 Å². The van der Waals surface area contributed by atoms with Crippen molar-refractivity contribution in [2.24, 2.45) is 0 Å². The molecule has 9 heteroatoms. The van der Waals surface area contributed by atoms with Gasteiger partial charge in [-0.3, -0.25) is 10.1 Å². The van der Waals surface area contributed by atoms with Gasteiger partial charge in [-0.1, -0.05) is 0 Å². The molecule has 0 saturated carbocycles. The number of benzene rings is 1. The van der Waals surface area contributed by atoms with Crippen LogP contribution in [0.5, 0.6) is 0 Å². The highest BCUT2D eigenvalue weighted by atomic mass is 32.2. The van der Waals surface area contributed by atoms with Crippen LogP contribution in [0.1, 0.15) is 0 Å². The van der Waals surface area contributed by atoms with E-state index in [1.54, 1.807) is 17.0 Å². The minimum atomic E-state index is -3.06. The van der Waals surface area contributed by atoms with E-state index in [2.05, 4.69) is 5.32 Å². The second-order valence-corrected chi connectivity index (χ2v) is 7.38. The van der Waals surface area contributed by atoms with E-state index in [0.29, 0.717) is 10.8 Å². The quantitative estimate of drug-likeness (QED) is 0.481. The van der Waals surface area contributed by atoms with E-state index in [0.717, 1.165) is 0 Å². The van der Waals surface area contributed by atoms with Gasteiger partial charge in [0.15, 0.2) is 14.9 Å². The third-order valence-electron chi connectivity index (χ3n) is 3.52. The average molecular weight is 313 g/mol. The molecule has 0 aliphatic carbocycles. The number of nitrogens with one attached hydrogen (secondary N) is 1. The molecule has 20 heavy (non-hydrogen) atoms. The summed E-state index contributed by atoms with van der Waals surface area (Å²) in [4.78, 5) is 11.9. The highest BCUT2D eigenvalue weighted by molar-refractivity contribution is 7.91. The molecule has 1 aromatic carbocycles. The number of rotatable bonds is 2. The first-order valence-corrected chi connectivity index (χ1v) is 8.15. The van der Waals surface area contributed by atoms with Crippen LogP contribution in [-0.2, 0) is 9.84 Å². The largest absolute Gasteiger partial charge is 0.356 e. The first-order chi connectivity index (χ1) is 9.37. The molecular weight excluding hydrogens is 302 g/mol. The summed E-state index contributed by atoms with van der Waals surface area (Å²) < 4.78 is 23.3. The molecule has 0 radical (unpaired) electrons. The van der Waals surface area contributed by atoms with Gasteiger partial charge in [-0.05, 0) is 24.4 Å². The van der Waals surface area contributed by atoms with Crippen molar-refractivity contribution in [2.45, 2.75) is 12.1 Å². The zero-order valence-electron chi connectivity index (χ0n) is 10.2. The fraction of sp³-hybridized carbons (Fsp3) is 0.364. The van der Waals surface area contributed by atoms with Gasteiger partial charge in [-0.2, -0.15) is 0 Å². The molecule has 1 N–H and O–H groups in total. The highest BCUT2D eigenvalue weighted by Crippen LogP contribution is 2.30. The predicted octanol–water partition coefficient (Wildman–Crippen LogP) is 0.455. The van der Waals surface area contributed by atoms with Gasteiger partial charge in [-0.25, -0.2) is 8.42 Å². The van der Waals surface area contributed by atoms with Gasteiger partial charge in [0.25, 0.3) is 5.69 Å². The molecule has 2 saturated heterocycles. The van der Waals surface area contributed by atoms with Crippen molar-refractivity contribution in [3.8, 4) is 0 Å². The molecule has 0 amide bonds. The topological polar surface area (TPSA) is 92.6 Å². The molecule has 0 spiro atoms. The van der Waals surface area contributed by atoms with Crippen LogP contribution < -0.4 is 10.2 Å². The minimum absolute atomic E-state index is 0.0117. The van der Waals surface area contributed by atoms with Crippen LogP contribution in [-0.4, -0.2) is 42.0 Å². The lowest BCUT2D eigenvalue weighted by Crippen LogP contribution is -2.36. The maximum atomic E-state index is 11.7. The number of anilines is 1. The van der Waals surface area contributed by atoms with Crippen molar-refractivity contribution < 1.29 is 13.3 Å². The first-order valence-electron chi connectivity index (χ1n) is 5.92. The van der Waals surface area contributed by atoms with Crippen LogP contribution in [0.3, 0.4) is 0 Å². The van der Waals surface area contributed by atoms with Gasteiger partial charge >= 0.3 is 0 Å². The Morgan fingerprint density at radius 3 is 2.55 bits per heavy atom. The lowest BCUT2D eigenvalue weighted by molar-refractivity contribution is -0.384. The average Bonchev–Trinajstić information content (AvgIpc) is 2.79. The number of nitrogens with zero attached hydrogens (tertiary/aromatic N) is 2. The van der Waals surface area contributed by atoms with E-state index in [9.17, 15) is 18.5 Å². The lowest BCUT2D eigenvalue weighted by atomic mass is 10.1. The van der Waals surface area contributed by atoms with Crippen LogP contribution in [0, 0.1) is 10.1 Å². The number of nitro benzene ring substituents is 1. The molecule has 2 heterocycles. The fourth-order valence-corrected chi connectivity index (χ4v) is 4.93. The molecular formula is C11H11N3O4S2. The van der Waals surface area contributed by atoms with E-state index < -0.39 is 14.8 Å². The Bertz CT molecular complexity index is 686. The van der Waals surface area contributed by atoms with Gasteiger partial charge in [-0.15, -0.1) is 0 Å². The second kappa shape index (κ2) is 4.38. The summed E-state index contributed by atoms with van der Waals surface area (Å²) in [5.41, 5.74) is 0.653. The number of sulfone groups is 1. The van der Waals surface area contributed by atoms with Crippen LogP contribution in [0.25, 0.3) is 0 Å². The maximum Gasteiger partial charge on any atom is 0.269 e. The Morgan fingerprint density at radius 1 is 1.30 bits per heavy atom. The Balaban J connectivity index is 1.93. The van der Waals surface area contributed by atoms with Crippen molar-refractivity contribution in [1.82, 2.24) is 5.32 Å². The first kappa shape index (κ1) is 13.3. The Kier molecular flexibility index (Phi) is 2.91. The van der Waals surface area contributed by atoms with Crippen LogP contribution in [0.15, 0.2) is 24.3 Å². The van der Waals surface area contributed by atoms with Gasteiger partial charge in [0.2, 0.25) is 0 Å². The van der Waals surface area contributed by atoms with Crippen LogP contribution >= 0.6 is 12.2 Å². The van der Waals surface area contributed by atoms with Crippen molar-refractivity contribution in [3.63, 3.8) is 0 Å². The normalized spacial score (nSPS) is 27.2. The number of thiocarbonyl (C=S) groups is 1. The highest BCUT2D eigenvalue weighted by Gasteiger charge is 2.47. The van der Waals surface area contributed by atoms with Gasteiger partial charge < -0.3 is 10.2 Å². The summed E-state index contributed by atoms with van der Waals surface area (Å²) in [5.74, 6) is 0.114. The van der Waals surface area contributed by atoms with E-state index in [4.69, 9.17) is 12.2 Å². The summed E-state index contributed by atoms with van der Waals surface area (Å²) in [7, 11) is -3.06. The number of nitro groups is 1. The predicted molar refractivity (Wildman–Crippen MR) is 77.5 cm³/mol. The molecule has 2 aliphatic heterocycles. The van der Waals surface area contributed by atoms with Crippen molar-refractivity contribution in [1.29, 1.82) is 0 Å². The molecule has 7 nitrogen and oxygen atoms in total. The lowest BCUT2D eigenvalue weighted by Gasteiger charge is -2.23. The van der Waals surface area contributed by atoms with Gasteiger partial charge in [0.05, 0.1) is 28.5 Å². The number of hydrogen-bond acceptors (Lipinski definition) is 5. The molecule has 0 unspecified atom stereocenters. The van der Waals surface area contributed by atoms with E-state index in [1.165, 1.54) is 12.1 Å². The standard InChI is InChI=1S/C11H11N3O4S2/c15-14(16)8-3-1-7(2-4-8)13-10-6-20(17,18)5-9(10)12-11(13)19/h1-4,9-10H,5-6H2,(H,12,19)/t9-,10+/m1/s1. The Morgan fingerprint density at radius 2 is 1.95 bits per heavy atom. The molecule has 106 valence electrons. The van der Waals surface area contributed by atoms with E-state index >= 15 is 0 Å². The smallest absolute Gasteiger partial charge is 0.269 e. The maximum absolute atomic E-state index is 11.7.